The van der Waals surface area contributed by atoms with Crippen molar-refractivity contribution in [1.82, 2.24) is 0 Å². The SMILES string of the molecule is COc1cc(C(=O)C(O)c2cc(OC)c(OC)c(OC)c2)cc(OC)c1OC. The lowest BCUT2D eigenvalue weighted by molar-refractivity contribution is 0.0745. The molecule has 0 aromatic heterocycles. The number of ether oxygens (including phenoxy) is 6. The molecule has 1 atom stereocenters. The van der Waals surface area contributed by atoms with Gasteiger partial charge in [0.1, 0.15) is 6.10 Å². The van der Waals surface area contributed by atoms with E-state index in [1.165, 1.54) is 66.9 Å². The third kappa shape index (κ3) is 3.91. The molecule has 2 aromatic carbocycles. The number of rotatable bonds is 9. The van der Waals surface area contributed by atoms with Crippen LogP contribution in [0.3, 0.4) is 0 Å². The number of carbonyl (C=O) groups excluding carboxylic acids is 1. The summed E-state index contributed by atoms with van der Waals surface area (Å²) in [5.74, 6) is 1.42. The van der Waals surface area contributed by atoms with E-state index in [1.807, 2.05) is 0 Å². The Morgan fingerprint density at radius 1 is 0.679 bits per heavy atom. The normalized spacial score (nSPS) is 11.4. The molecule has 2 aromatic rings. The van der Waals surface area contributed by atoms with Crippen LogP contribution in [-0.2, 0) is 0 Å². The summed E-state index contributed by atoms with van der Waals surface area (Å²) in [4.78, 5) is 12.9. The summed E-state index contributed by atoms with van der Waals surface area (Å²) in [7, 11) is 8.73. The second-order valence-corrected chi connectivity index (χ2v) is 5.64. The average Bonchev–Trinajstić information content (AvgIpc) is 2.75. The van der Waals surface area contributed by atoms with Gasteiger partial charge in [-0.25, -0.2) is 0 Å². The van der Waals surface area contributed by atoms with Crippen molar-refractivity contribution in [2.45, 2.75) is 6.10 Å². The summed E-state index contributed by atoms with van der Waals surface area (Å²) in [6.07, 6.45) is -1.48. The zero-order chi connectivity index (χ0) is 20.8. The minimum atomic E-state index is -1.48. The lowest BCUT2D eigenvalue weighted by Crippen LogP contribution is -2.13. The number of Topliss-reactive ketones (excluding diaryl/α,β-unsaturated/α-hetero) is 1. The van der Waals surface area contributed by atoms with Gasteiger partial charge in [-0.15, -0.1) is 0 Å². The van der Waals surface area contributed by atoms with Gasteiger partial charge in [-0.05, 0) is 29.8 Å². The number of carbonyl (C=O) groups is 1. The van der Waals surface area contributed by atoms with Crippen LogP contribution in [0.5, 0.6) is 34.5 Å². The number of benzene rings is 2. The first-order valence-corrected chi connectivity index (χ1v) is 8.27. The van der Waals surface area contributed by atoms with Crippen molar-refractivity contribution in [3.05, 3.63) is 35.4 Å². The lowest BCUT2D eigenvalue weighted by atomic mass is 9.98. The van der Waals surface area contributed by atoms with Gasteiger partial charge in [0.25, 0.3) is 0 Å². The van der Waals surface area contributed by atoms with Crippen LogP contribution in [0.4, 0.5) is 0 Å². The average molecular weight is 392 g/mol. The zero-order valence-electron chi connectivity index (χ0n) is 16.7. The molecule has 1 unspecified atom stereocenters. The molecule has 8 nitrogen and oxygen atoms in total. The molecule has 28 heavy (non-hydrogen) atoms. The number of aliphatic hydroxyl groups is 1. The minimum absolute atomic E-state index is 0.191. The summed E-state index contributed by atoms with van der Waals surface area (Å²) >= 11 is 0. The summed E-state index contributed by atoms with van der Waals surface area (Å²) in [5, 5.41) is 10.7. The highest BCUT2D eigenvalue weighted by molar-refractivity contribution is 6.01. The summed E-state index contributed by atoms with van der Waals surface area (Å²) in [6.45, 7) is 0. The van der Waals surface area contributed by atoms with E-state index in [9.17, 15) is 9.90 Å². The first-order chi connectivity index (χ1) is 13.4. The fourth-order valence-electron chi connectivity index (χ4n) is 2.79. The summed E-state index contributed by atoms with van der Waals surface area (Å²) < 4.78 is 31.6. The van der Waals surface area contributed by atoms with Gasteiger partial charge in [-0.1, -0.05) is 0 Å². The van der Waals surface area contributed by atoms with Crippen molar-refractivity contribution < 1.29 is 38.3 Å². The molecule has 0 aliphatic rings. The first-order valence-electron chi connectivity index (χ1n) is 8.27. The second kappa shape index (κ2) is 9.18. The van der Waals surface area contributed by atoms with Crippen molar-refractivity contribution >= 4 is 5.78 Å². The van der Waals surface area contributed by atoms with Crippen LogP contribution >= 0.6 is 0 Å². The van der Waals surface area contributed by atoms with Gasteiger partial charge < -0.3 is 33.5 Å². The molecule has 0 amide bonds. The zero-order valence-corrected chi connectivity index (χ0v) is 16.7. The van der Waals surface area contributed by atoms with Gasteiger partial charge in [-0.2, -0.15) is 0 Å². The van der Waals surface area contributed by atoms with E-state index in [2.05, 4.69) is 0 Å². The minimum Gasteiger partial charge on any atom is -0.493 e. The Kier molecular flexibility index (Phi) is 6.94. The first kappa shape index (κ1) is 21.2. The molecular weight excluding hydrogens is 368 g/mol. The van der Waals surface area contributed by atoms with Crippen molar-refractivity contribution in [3.8, 4) is 34.5 Å². The topological polar surface area (TPSA) is 92.7 Å². The van der Waals surface area contributed by atoms with Gasteiger partial charge in [0, 0.05) is 5.56 Å². The Labute approximate surface area is 163 Å². The van der Waals surface area contributed by atoms with Crippen molar-refractivity contribution in [2.24, 2.45) is 0 Å². The molecule has 0 spiro atoms. The van der Waals surface area contributed by atoms with Crippen LogP contribution in [0, 0.1) is 0 Å². The molecule has 8 heteroatoms. The second-order valence-electron chi connectivity index (χ2n) is 5.64. The predicted molar refractivity (Wildman–Crippen MR) is 101 cm³/mol. The highest BCUT2D eigenvalue weighted by Gasteiger charge is 2.26. The molecule has 0 saturated heterocycles. The molecule has 152 valence electrons. The Morgan fingerprint density at radius 2 is 1.04 bits per heavy atom. The molecule has 2 rings (SSSR count). The van der Waals surface area contributed by atoms with Crippen LogP contribution in [0.1, 0.15) is 22.0 Å². The molecule has 0 fully saturated rings. The van der Waals surface area contributed by atoms with Crippen molar-refractivity contribution in [1.29, 1.82) is 0 Å². The van der Waals surface area contributed by atoms with Gasteiger partial charge in [-0.3, -0.25) is 4.79 Å². The van der Waals surface area contributed by atoms with E-state index in [4.69, 9.17) is 28.4 Å². The lowest BCUT2D eigenvalue weighted by Gasteiger charge is -2.18. The summed E-state index contributed by atoms with van der Waals surface area (Å²) in [6, 6.07) is 5.99. The standard InChI is InChI=1S/C20H24O8/c1-23-13-7-11(8-14(24-2)19(13)27-5)17(21)18(22)12-9-15(25-3)20(28-6)16(10-12)26-4/h7-10,17,21H,1-6H3. The van der Waals surface area contributed by atoms with Crippen LogP contribution in [0.2, 0.25) is 0 Å². The predicted octanol–water partition coefficient (Wildman–Crippen LogP) is 2.65. The van der Waals surface area contributed by atoms with Crippen molar-refractivity contribution in [3.63, 3.8) is 0 Å². The molecule has 0 heterocycles. The number of methoxy groups -OCH3 is 6. The fraction of sp³-hybridized carbons (Fsp3) is 0.350. The number of hydrogen-bond donors (Lipinski definition) is 1. The Bertz CT molecular complexity index is 796. The van der Waals surface area contributed by atoms with Crippen LogP contribution in [0.15, 0.2) is 24.3 Å². The van der Waals surface area contributed by atoms with Gasteiger partial charge >= 0.3 is 0 Å². The maximum absolute atomic E-state index is 12.9. The van der Waals surface area contributed by atoms with Crippen LogP contribution in [0.25, 0.3) is 0 Å². The van der Waals surface area contributed by atoms with E-state index < -0.39 is 11.9 Å². The Morgan fingerprint density at radius 3 is 1.36 bits per heavy atom. The third-order valence-electron chi connectivity index (χ3n) is 4.20. The highest BCUT2D eigenvalue weighted by Crippen LogP contribution is 2.42. The monoisotopic (exact) mass is 392 g/mol. The summed E-state index contributed by atoms with van der Waals surface area (Å²) in [5.41, 5.74) is 0.476. The highest BCUT2D eigenvalue weighted by atomic mass is 16.5. The molecule has 0 bridgehead atoms. The molecular formula is C20H24O8. The smallest absolute Gasteiger partial charge is 0.203 e. The number of ketones is 1. The molecule has 1 N–H and O–H groups in total. The van der Waals surface area contributed by atoms with E-state index in [0.29, 0.717) is 34.5 Å². The van der Waals surface area contributed by atoms with Gasteiger partial charge in [0.15, 0.2) is 28.8 Å². The number of hydrogen-bond acceptors (Lipinski definition) is 8. The van der Waals surface area contributed by atoms with E-state index in [-0.39, 0.29) is 11.1 Å². The maximum atomic E-state index is 12.9. The Hall–Kier alpha value is -3.13. The molecule has 0 aliphatic heterocycles. The van der Waals surface area contributed by atoms with E-state index >= 15 is 0 Å². The quantitative estimate of drug-likeness (QED) is 0.651. The molecule has 0 saturated carbocycles. The molecule has 0 aliphatic carbocycles. The largest absolute Gasteiger partial charge is 0.493 e. The van der Waals surface area contributed by atoms with Crippen molar-refractivity contribution in [2.75, 3.05) is 42.7 Å². The molecule has 0 radical (unpaired) electrons. The van der Waals surface area contributed by atoms with Gasteiger partial charge in [0.05, 0.1) is 42.7 Å². The maximum Gasteiger partial charge on any atom is 0.203 e. The van der Waals surface area contributed by atoms with Crippen LogP contribution in [-0.4, -0.2) is 53.5 Å². The van der Waals surface area contributed by atoms with Crippen LogP contribution < -0.4 is 28.4 Å². The Balaban J connectivity index is 2.50. The van der Waals surface area contributed by atoms with Gasteiger partial charge in [0.2, 0.25) is 11.5 Å². The van der Waals surface area contributed by atoms with E-state index in [1.54, 1.807) is 0 Å². The van der Waals surface area contributed by atoms with E-state index in [0.717, 1.165) is 0 Å². The number of aliphatic hydroxyl groups excluding tert-OH is 1. The third-order valence-corrected chi connectivity index (χ3v) is 4.20. The fourth-order valence-corrected chi connectivity index (χ4v) is 2.79.